The predicted octanol–water partition coefficient (Wildman–Crippen LogP) is 1.24. The first-order valence-electron chi connectivity index (χ1n) is 6.28. The highest BCUT2D eigenvalue weighted by molar-refractivity contribution is 7.89. The molecule has 108 valence electrons. The van der Waals surface area contributed by atoms with E-state index in [-0.39, 0.29) is 11.5 Å². The largest absolute Gasteiger partial charge is 0.398 e. The molecule has 0 atom stereocenters. The zero-order chi connectivity index (χ0) is 14.6. The zero-order valence-corrected chi connectivity index (χ0v) is 12.5. The maximum Gasteiger partial charge on any atom is 0.241 e. The Morgan fingerprint density at radius 3 is 2.42 bits per heavy atom. The van der Waals surface area contributed by atoms with Gasteiger partial charge in [-0.1, -0.05) is 0 Å². The standard InChI is InChI=1S/C13H22N2O3S/c1-9-8-12(14)11(3)13(10(9)2)19(17,18)15-6-4-5-7-16/h8,15-16H,4-7,14H2,1-3H3. The molecule has 1 aromatic carbocycles. The van der Waals surface area contributed by atoms with Gasteiger partial charge in [0.2, 0.25) is 10.0 Å². The number of anilines is 1. The number of sulfonamides is 1. The summed E-state index contributed by atoms with van der Waals surface area (Å²) in [7, 11) is -3.56. The van der Waals surface area contributed by atoms with E-state index in [4.69, 9.17) is 10.8 Å². The van der Waals surface area contributed by atoms with Crippen molar-refractivity contribution in [2.75, 3.05) is 18.9 Å². The molecule has 0 saturated heterocycles. The molecule has 0 bridgehead atoms. The smallest absolute Gasteiger partial charge is 0.241 e. The Morgan fingerprint density at radius 2 is 1.84 bits per heavy atom. The monoisotopic (exact) mass is 286 g/mol. The summed E-state index contributed by atoms with van der Waals surface area (Å²) in [4.78, 5) is 0.272. The number of aliphatic hydroxyl groups is 1. The molecule has 5 nitrogen and oxygen atoms in total. The van der Waals surface area contributed by atoms with Gasteiger partial charge in [0.05, 0.1) is 4.90 Å². The quantitative estimate of drug-likeness (QED) is 0.542. The van der Waals surface area contributed by atoms with E-state index >= 15 is 0 Å². The van der Waals surface area contributed by atoms with Crippen molar-refractivity contribution in [1.82, 2.24) is 4.72 Å². The molecule has 0 aliphatic carbocycles. The number of hydrogen-bond donors (Lipinski definition) is 3. The van der Waals surface area contributed by atoms with Crippen LogP contribution in [-0.2, 0) is 10.0 Å². The van der Waals surface area contributed by atoms with Gasteiger partial charge in [-0.05, 0) is 56.4 Å². The van der Waals surface area contributed by atoms with Crippen molar-refractivity contribution in [1.29, 1.82) is 0 Å². The highest BCUT2D eigenvalue weighted by Gasteiger charge is 2.21. The molecule has 0 saturated carbocycles. The van der Waals surface area contributed by atoms with Crippen molar-refractivity contribution in [3.63, 3.8) is 0 Å². The molecule has 1 aromatic rings. The third-order valence-corrected chi connectivity index (χ3v) is 4.96. The fourth-order valence-electron chi connectivity index (χ4n) is 1.96. The van der Waals surface area contributed by atoms with E-state index in [0.29, 0.717) is 30.6 Å². The first-order chi connectivity index (χ1) is 8.81. The summed E-state index contributed by atoms with van der Waals surface area (Å²) in [6.07, 6.45) is 1.19. The number of nitrogens with one attached hydrogen (secondary N) is 1. The first kappa shape index (κ1) is 15.9. The molecular weight excluding hydrogens is 264 g/mol. The molecule has 0 aliphatic heterocycles. The van der Waals surface area contributed by atoms with Gasteiger partial charge in [0.15, 0.2) is 0 Å². The van der Waals surface area contributed by atoms with Gasteiger partial charge in [0.1, 0.15) is 0 Å². The van der Waals surface area contributed by atoms with Crippen molar-refractivity contribution < 1.29 is 13.5 Å². The minimum Gasteiger partial charge on any atom is -0.398 e. The van der Waals surface area contributed by atoms with Gasteiger partial charge in [-0.3, -0.25) is 0 Å². The van der Waals surface area contributed by atoms with E-state index in [0.717, 1.165) is 11.1 Å². The number of nitrogen functional groups attached to an aromatic ring is 1. The summed E-state index contributed by atoms with van der Waals surface area (Å²) in [6.45, 7) is 5.72. The summed E-state index contributed by atoms with van der Waals surface area (Å²) in [5.41, 5.74) is 8.49. The molecule has 4 N–H and O–H groups in total. The van der Waals surface area contributed by atoms with Crippen LogP contribution in [0.25, 0.3) is 0 Å². The van der Waals surface area contributed by atoms with Crippen LogP contribution in [0.4, 0.5) is 5.69 Å². The number of benzene rings is 1. The zero-order valence-electron chi connectivity index (χ0n) is 11.7. The maximum atomic E-state index is 12.3. The lowest BCUT2D eigenvalue weighted by Gasteiger charge is -2.15. The maximum absolute atomic E-state index is 12.3. The van der Waals surface area contributed by atoms with Gasteiger partial charge >= 0.3 is 0 Å². The molecule has 0 fully saturated rings. The van der Waals surface area contributed by atoms with Gasteiger partial charge in [0.25, 0.3) is 0 Å². The van der Waals surface area contributed by atoms with Crippen LogP contribution in [0.2, 0.25) is 0 Å². The van der Waals surface area contributed by atoms with E-state index < -0.39 is 10.0 Å². The number of rotatable bonds is 6. The average Bonchev–Trinajstić information content (AvgIpc) is 2.32. The van der Waals surface area contributed by atoms with E-state index in [1.807, 2.05) is 6.92 Å². The molecule has 0 unspecified atom stereocenters. The SMILES string of the molecule is Cc1cc(N)c(C)c(S(=O)(=O)NCCCCO)c1C. The predicted molar refractivity (Wildman–Crippen MR) is 76.6 cm³/mol. The van der Waals surface area contributed by atoms with Gasteiger partial charge in [0, 0.05) is 18.8 Å². The van der Waals surface area contributed by atoms with Gasteiger partial charge < -0.3 is 10.8 Å². The third kappa shape index (κ3) is 3.68. The number of unbranched alkanes of at least 4 members (excludes halogenated alkanes) is 1. The normalized spacial score (nSPS) is 11.8. The number of aliphatic hydroxyl groups excluding tert-OH is 1. The third-order valence-electron chi connectivity index (χ3n) is 3.22. The highest BCUT2D eigenvalue weighted by Crippen LogP contribution is 2.27. The molecule has 1 rings (SSSR count). The lowest BCUT2D eigenvalue weighted by atomic mass is 10.1. The second-order valence-corrected chi connectivity index (χ2v) is 6.39. The van der Waals surface area contributed by atoms with E-state index in [1.54, 1.807) is 19.9 Å². The Morgan fingerprint density at radius 1 is 1.21 bits per heavy atom. The van der Waals surface area contributed by atoms with Crippen molar-refractivity contribution >= 4 is 15.7 Å². The summed E-state index contributed by atoms with van der Waals surface area (Å²) >= 11 is 0. The van der Waals surface area contributed by atoms with Crippen LogP contribution in [0.3, 0.4) is 0 Å². The number of nitrogens with two attached hydrogens (primary N) is 1. The fraction of sp³-hybridized carbons (Fsp3) is 0.538. The van der Waals surface area contributed by atoms with Crippen LogP contribution in [0, 0.1) is 20.8 Å². The minimum atomic E-state index is -3.56. The molecule has 0 radical (unpaired) electrons. The minimum absolute atomic E-state index is 0.0666. The molecule has 0 amide bonds. The van der Waals surface area contributed by atoms with Gasteiger partial charge in [-0.2, -0.15) is 0 Å². The van der Waals surface area contributed by atoms with Crippen LogP contribution in [0.1, 0.15) is 29.5 Å². The molecule has 0 heterocycles. The summed E-state index contributed by atoms with van der Waals surface area (Å²) in [5.74, 6) is 0. The molecule has 6 heteroatoms. The summed E-state index contributed by atoms with van der Waals surface area (Å²) < 4.78 is 27.2. The van der Waals surface area contributed by atoms with Crippen LogP contribution in [0.5, 0.6) is 0 Å². The van der Waals surface area contributed by atoms with Gasteiger partial charge in [-0.25, -0.2) is 13.1 Å². The Hall–Kier alpha value is -1.11. The Bertz CT molecular complexity index is 527. The Labute approximate surface area is 114 Å². The lowest BCUT2D eigenvalue weighted by Crippen LogP contribution is -2.27. The highest BCUT2D eigenvalue weighted by atomic mass is 32.2. The Balaban J connectivity index is 3.08. The van der Waals surface area contributed by atoms with Crippen molar-refractivity contribution in [3.05, 3.63) is 22.8 Å². The van der Waals surface area contributed by atoms with Crippen LogP contribution in [-0.4, -0.2) is 26.7 Å². The molecule has 0 aliphatic rings. The van der Waals surface area contributed by atoms with E-state index in [9.17, 15) is 8.42 Å². The Kier molecular flexibility index (Phi) is 5.34. The summed E-state index contributed by atoms with van der Waals surface area (Å²) in [5, 5.41) is 8.68. The van der Waals surface area contributed by atoms with Crippen LogP contribution >= 0.6 is 0 Å². The van der Waals surface area contributed by atoms with E-state index in [2.05, 4.69) is 4.72 Å². The second-order valence-electron chi connectivity index (χ2n) is 4.69. The van der Waals surface area contributed by atoms with Crippen LogP contribution < -0.4 is 10.5 Å². The summed E-state index contributed by atoms with van der Waals surface area (Å²) in [6, 6.07) is 1.79. The lowest BCUT2D eigenvalue weighted by molar-refractivity contribution is 0.285. The number of hydrogen-bond acceptors (Lipinski definition) is 4. The van der Waals surface area contributed by atoms with Crippen LogP contribution in [0.15, 0.2) is 11.0 Å². The first-order valence-corrected chi connectivity index (χ1v) is 7.76. The molecule has 0 spiro atoms. The molecule has 19 heavy (non-hydrogen) atoms. The molecular formula is C13H22N2O3S. The topological polar surface area (TPSA) is 92.4 Å². The van der Waals surface area contributed by atoms with E-state index in [1.165, 1.54) is 0 Å². The van der Waals surface area contributed by atoms with Crippen molar-refractivity contribution in [2.24, 2.45) is 0 Å². The second kappa shape index (κ2) is 6.36. The molecule has 0 aromatic heterocycles. The van der Waals surface area contributed by atoms with Gasteiger partial charge in [-0.15, -0.1) is 0 Å². The van der Waals surface area contributed by atoms with Crippen molar-refractivity contribution in [2.45, 2.75) is 38.5 Å². The van der Waals surface area contributed by atoms with Crippen molar-refractivity contribution in [3.8, 4) is 0 Å². The average molecular weight is 286 g/mol. The fourth-order valence-corrected chi connectivity index (χ4v) is 3.60. The number of aryl methyl sites for hydroxylation is 1.